The van der Waals surface area contributed by atoms with Gasteiger partial charge in [-0.2, -0.15) is 0 Å². The molecule has 21 heavy (non-hydrogen) atoms. The van der Waals surface area contributed by atoms with E-state index in [0.29, 0.717) is 29.0 Å². The van der Waals surface area contributed by atoms with Gasteiger partial charge in [0.1, 0.15) is 27.4 Å². The van der Waals surface area contributed by atoms with E-state index in [1.54, 1.807) is 23.7 Å². The summed E-state index contributed by atoms with van der Waals surface area (Å²) in [5.74, 6) is 1.35. The highest BCUT2D eigenvalue weighted by Gasteiger charge is 2.25. The second-order valence-electron chi connectivity index (χ2n) is 4.33. The molecular formula is C14H9ClN2O2S2. The number of fused-ring (bicyclic) bond motifs is 1. The van der Waals surface area contributed by atoms with Crippen molar-refractivity contribution in [3.05, 3.63) is 34.2 Å². The summed E-state index contributed by atoms with van der Waals surface area (Å²) in [6.45, 7) is 1.07. The maximum absolute atomic E-state index is 6.22. The lowest BCUT2D eigenvalue weighted by atomic mass is 10.3. The molecule has 0 bridgehead atoms. The van der Waals surface area contributed by atoms with E-state index >= 15 is 0 Å². The van der Waals surface area contributed by atoms with Crippen molar-refractivity contribution in [3.8, 4) is 32.6 Å². The zero-order valence-corrected chi connectivity index (χ0v) is 13.1. The van der Waals surface area contributed by atoms with Crippen LogP contribution in [0.4, 0.5) is 0 Å². The van der Waals surface area contributed by atoms with Gasteiger partial charge >= 0.3 is 0 Å². The topological polar surface area (TPSA) is 44.2 Å². The van der Waals surface area contributed by atoms with Crippen LogP contribution >= 0.6 is 34.3 Å². The van der Waals surface area contributed by atoms with Crippen LogP contribution in [0.3, 0.4) is 0 Å². The maximum atomic E-state index is 6.22. The minimum atomic E-state index is 0.530. The van der Waals surface area contributed by atoms with Crippen LogP contribution in [0.25, 0.3) is 21.1 Å². The minimum Gasteiger partial charge on any atom is -0.484 e. The van der Waals surface area contributed by atoms with Crippen LogP contribution in [0.2, 0.25) is 4.34 Å². The molecule has 0 unspecified atom stereocenters. The van der Waals surface area contributed by atoms with Crippen molar-refractivity contribution in [2.24, 2.45) is 0 Å². The molecule has 4 heterocycles. The molecule has 0 aromatic carbocycles. The molecule has 3 aromatic rings. The van der Waals surface area contributed by atoms with Gasteiger partial charge in [-0.1, -0.05) is 11.6 Å². The van der Waals surface area contributed by atoms with Gasteiger partial charge in [-0.05, 0) is 12.1 Å². The van der Waals surface area contributed by atoms with Gasteiger partial charge in [0, 0.05) is 23.3 Å². The Kier molecular flexibility index (Phi) is 3.29. The molecule has 7 heteroatoms. The summed E-state index contributed by atoms with van der Waals surface area (Å²) in [6.07, 6.45) is 3.52. The molecule has 1 aliphatic rings. The number of pyridine rings is 1. The molecule has 0 fully saturated rings. The molecule has 0 saturated carbocycles. The lowest BCUT2D eigenvalue weighted by Crippen LogP contribution is -2.14. The first-order valence-corrected chi connectivity index (χ1v) is 8.34. The van der Waals surface area contributed by atoms with Crippen molar-refractivity contribution >= 4 is 34.3 Å². The van der Waals surface area contributed by atoms with E-state index in [9.17, 15) is 0 Å². The molecule has 0 amide bonds. The first-order chi connectivity index (χ1) is 10.3. The highest BCUT2D eigenvalue weighted by Crippen LogP contribution is 2.51. The number of thiophene rings is 1. The van der Waals surface area contributed by atoms with Gasteiger partial charge in [0.2, 0.25) is 0 Å². The largest absolute Gasteiger partial charge is 0.484 e. The van der Waals surface area contributed by atoms with E-state index < -0.39 is 0 Å². The van der Waals surface area contributed by atoms with Crippen molar-refractivity contribution in [1.29, 1.82) is 0 Å². The fraction of sp³-hybridized carbons (Fsp3) is 0.143. The third-order valence-corrected chi connectivity index (χ3v) is 5.28. The van der Waals surface area contributed by atoms with Gasteiger partial charge < -0.3 is 9.47 Å². The second-order valence-corrected chi connectivity index (χ2v) is 6.81. The number of nitrogens with zero attached hydrogens (tertiary/aromatic N) is 2. The standard InChI is InChI=1S/C14H9ClN2O2S2/c15-13-11-10(18-5-6-19-11)12(21-13)9-7-20-14(17-9)8-1-3-16-4-2-8/h1-4,7H,5-6H2. The third-order valence-electron chi connectivity index (χ3n) is 3.02. The Labute approximate surface area is 134 Å². The van der Waals surface area contributed by atoms with Gasteiger partial charge in [0.25, 0.3) is 0 Å². The van der Waals surface area contributed by atoms with Crippen LogP contribution in [0.15, 0.2) is 29.9 Å². The Morgan fingerprint density at radius 3 is 2.67 bits per heavy atom. The van der Waals surface area contributed by atoms with Gasteiger partial charge in [-0.15, -0.1) is 22.7 Å². The molecule has 1 aliphatic heterocycles. The Morgan fingerprint density at radius 1 is 1.10 bits per heavy atom. The normalized spacial score (nSPS) is 13.4. The van der Waals surface area contributed by atoms with Crippen LogP contribution in [0.1, 0.15) is 0 Å². The first-order valence-electron chi connectivity index (χ1n) is 6.27. The molecule has 4 rings (SSSR count). The number of hydrogen-bond acceptors (Lipinski definition) is 6. The smallest absolute Gasteiger partial charge is 0.191 e. The quantitative estimate of drug-likeness (QED) is 0.697. The van der Waals surface area contributed by atoms with Crippen LogP contribution in [0, 0.1) is 0 Å². The Morgan fingerprint density at radius 2 is 1.86 bits per heavy atom. The van der Waals surface area contributed by atoms with Crippen LogP contribution in [0.5, 0.6) is 11.5 Å². The third kappa shape index (κ3) is 2.29. The Bertz CT molecular complexity index is 786. The SMILES string of the molecule is Clc1sc(-c2csc(-c3ccncc3)n2)c2c1OCCO2. The van der Waals surface area contributed by atoms with E-state index in [4.69, 9.17) is 21.1 Å². The van der Waals surface area contributed by atoms with Crippen molar-refractivity contribution in [2.75, 3.05) is 13.2 Å². The Balaban J connectivity index is 1.77. The summed E-state index contributed by atoms with van der Waals surface area (Å²) in [5, 5.41) is 2.96. The summed E-state index contributed by atoms with van der Waals surface area (Å²) < 4.78 is 11.9. The molecule has 0 atom stereocenters. The van der Waals surface area contributed by atoms with Gasteiger partial charge in [0.05, 0.1) is 5.69 Å². The van der Waals surface area contributed by atoms with E-state index in [1.165, 1.54) is 11.3 Å². The predicted octanol–water partition coefficient (Wildman–Crippen LogP) is 4.36. The molecule has 3 aromatic heterocycles. The van der Waals surface area contributed by atoms with Crippen molar-refractivity contribution < 1.29 is 9.47 Å². The number of halogens is 1. The van der Waals surface area contributed by atoms with E-state index in [-0.39, 0.29) is 0 Å². The van der Waals surface area contributed by atoms with Crippen molar-refractivity contribution in [3.63, 3.8) is 0 Å². The number of thiazole rings is 1. The lowest BCUT2D eigenvalue weighted by Gasteiger charge is -2.15. The first kappa shape index (κ1) is 13.1. The molecule has 4 nitrogen and oxygen atoms in total. The average molecular weight is 337 g/mol. The summed E-state index contributed by atoms with van der Waals surface area (Å²) in [6, 6.07) is 3.89. The zero-order valence-electron chi connectivity index (χ0n) is 10.7. The number of ether oxygens (including phenoxy) is 2. The molecule has 106 valence electrons. The summed E-state index contributed by atoms with van der Waals surface area (Å²) in [4.78, 5) is 9.62. The fourth-order valence-corrected chi connectivity index (χ4v) is 4.23. The summed E-state index contributed by atoms with van der Waals surface area (Å²) in [5.41, 5.74) is 1.92. The molecular weight excluding hydrogens is 328 g/mol. The highest BCUT2D eigenvalue weighted by molar-refractivity contribution is 7.20. The van der Waals surface area contributed by atoms with Crippen LogP contribution in [-0.2, 0) is 0 Å². The number of rotatable bonds is 2. The molecule has 0 aliphatic carbocycles. The predicted molar refractivity (Wildman–Crippen MR) is 84.7 cm³/mol. The Hall–Kier alpha value is -1.63. The molecule has 0 spiro atoms. The maximum Gasteiger partial charge on any atom is 0.191 e. The summed E-state index contributed by atoms with van der Waals surface area (Å²) >= 11 is 9.24. The van der Waals surface area contributed by atoms with Gasteiger partial charge in [-0.3, -0.25) is 4.98 Å². The van der Waals surface area contributed by atoms with Gasteiger partial charge in [0.15, 0.2) is 11.5 Å². The monoisotopic (exact) mass is 336 g/mol. The second kappa shape index (κ2) is 5.29. The minimum absolute atomic E-state index is 0.530. The molecule has 0 radical (unpaired) electrons. The molecule has 0 saturated heterocycles. The van der Waals surface area contributed by atoms with Gasteiger partial charge in [-0.25, -0.2) is 4.98 Å². The van der Waals surface area contributed by atoms with E-state index in [0.717, 1.165) is 21.1 Å². The van der Waals surface area contributed by atoms with Crippen molar-refractivity contribution in [1.82, 2.24) is 9.97 Å². The van der Waals surface area contributed by atoms with E-state index in [2.05, 4.69) is 9.97 Å². The van der Waals surface area contributed by atoms with Crippen molar-refractivity contribution in [2.45, 2.75) is 0 Å². The molecule has 0 N–H and O–H groups in total. The average Bonchev–Trinajstić information content (AvgIpc) is 3.14. The van der Waals surface area contributed by atoms with Crippen LogP contribution < -0.4 is 9.47 Å². The fourth-order valence-electron chi connectivity index (χ4n) is 2.09. The number of hydrogen-bond donors (Lipinski definition) is 0. The van der Waals surface area contributed by atoms with E-state index in [1.807, 2.05) is 17.5 Å². The van der Waals surface area contributed by atoms with Crippen LogP contribution in [-0.4, -0.2) is 23.2 Å². The summed E-state index contributed by atoms with van der Waals surface area (Å²) in [7, 11) is 0. The zero-order chi connectivity index (χ0) is 14.2. The lowest BCUT2D eigenvalue weighted by molar-refractivity contribution is 0.174. The highest BCUT2D eigenvalue weighted by atomic mass is 35.5. The number of aromatic nitrogens is 2.